The summed E-state index contributed by atoms with van der Waals surface area (Å²) in [5.74, 6) is 0. The zero-order chi connectivity index (χ0) is 8.27. The molecule has 1 fully saturated rings. The highest BCUT2D eigenvalue weighted by molar-refractivity contribution is 6.10. The number of hydrogen-bond acceptors (Lipinski definition) is 3. The molecule has 3 atom stereocenters. The van der Waals surface area contributed by atoms with Gasteiger partial charge in [0.25, 0.3) is 0 Å². The molecule has 0 unspecified atom stereocenters. The molecule has 4 heteroatoms. The highest BCUT2D eigenvalue weighted by Crippen LogP contribution is 2.17. The van der Waals surface area contributed by atoms with E-state index in [0.717, 1.165) is 12.8 Å². The van der Waals surface area contributed by atoms with Crippen molar-refractivity contribution in [2.45, 2.75) is 37.7 Å². The van der Waals surface area contributed by atoms with E-state index in [1.165, 1.54) is 7.11 Å². The normalized spacial score (nSPS) is 40.0. The van der Waals surface area contributed by atoms with Gasteiger partial charge < -0.3 is 14.6 Å². The zero-order valence-corrected chi connectivity index (χ0v) is 6.69. The van der Waals surface area contributed by atoms with Crippen LogP contribution in [0.4, 0.5) is 0 Å². The minimum Gasteiger partial charge on any atom is -0.388 e. The molecule has 0 amide bonds. The Morgan fingerprint density at radius 3 is 2.91 bits per heavy atom. The Balaban J connectivity index is 2.45. The lowest BCUT2D eigenvalue weighted by Gasteiger charge is -2.21. The van der Waals surface area contributed by atoms with Gasteiger partial charge >= 0.3 is 0 Å². The lowest BCUT2D eigenvalue weighted by atomic mass is 9.95. The SMILES string of the molecule is [B][C@H]1CCC[C@H](O)[C@@H](OC)O1. The van der Waals surface area contributed by atoms with E-state index in [1.807, 2.05) is 0 Å². The summed E-state index contributed by atoms with van der Waals surface area (Å²) in [5, 5.41) is 9.36. The second kappa shape index (κ2) is 4.09. The summed E-state index contributed by atoms with van der Waals surface area (Å²) < 4.78 is 10.1. The van der Waals surface area contributed by atoms with Crippen molar-refractivity contribution in [2.75, 3.05) is 7.11 Å². The predicted octanol–water partition coefficient (Wildman–Crippen LogP) is 0.0149. The molecule has 1 saturated heterocycles. The predicted molar refractivity (Wildman–Crippen MR) is 41.3 cm³/mol. The molecule has 0 saturated carbocycles. The number of ether oxygens (including phenoxy) is 2. The van der Waals surface area contributed by atoms with E-state index in [4.69, 9.17) is 17.3 Å². The van der Waals surface area contributed by atoms with Crippen LogP contribution in [0.1, 0.15) is 19.3 Å². The molecule has 1 rings (SSSR count). The van der Waals surface area contributed by atoms with Crippen molar-refractivity contribution in [3.05, 3.63) is 0 Å². The van der Waals surface area contributed by atoms with Gasteiger partial charge in [-0.1, -0.05) is 0 Å². The molecule has 0 aromatic rings. The standard InChI is InChI=1S/C7H13BO3/c1-10-7-5(9)3-2-4-6(8)11-7/h5-7,9H,2-4H2,1H3/t5-,6+,7-/m0/s1. The molecule has 0 bridgehead atoms. The third-order valence-corrected chi connectivity index (χ3v) is 1.84. The summed E-state index contributed by atoms with van der Waals surface area (Å²) in [6.45, 7) is 0. The summed E-state index contributed by atoms with van der Waals surface area (Å²) in [7, 11) is 7.06. The smallest absolute Gasteiger partial charge is 0.182 e. The van der Waals surface area contributed by atoms with Gasteiger partial charge in [0.2, 0.25) is 0 Å². The Labute approximate surface area is 68.1 Å². The number of methoxy groups -OCH3 is 1. The van der Waals surface area contributed by atoms with Gasteiger partial charge in [0.05, 0.1) is 0 Å². The molecule has 0 spiro atoms. The first-order valence-electron chi connectivity index (χ1n) is 3.86. The molecule has 2 radical (unpaired) electrons. The van der Waals surface area contributed by atoms with Crippen molar-refractivity contribution in [1.29, 1.82) is 0 Å². The van der Waals surface area contributed by atoms with Crippen LogP contribution in [0.15, 0.2) is 0 Å². The summed E-state index contributed by atoms with van der Waals surface area (Å²) in [6.07, 6.45) is 1.30. The molecule has 1 aliphatic heterocycles. The van der Waals surface area contributed by atoms with Crippen LogP contribution in [0, 0.1) is 0 Å². The fourth-order valence-electron chi connectivity index (χ4n) is 1.21. The molecule has 11 heavy (non-hydrogen) atoms. The lowest BCUT2D eigenvalue weighted by Crippen LogP contribution is -2.31. The third kappa shape index (κ3) is 2.47. The highest BCUT2D eigenvalue weighted by atomic mass is 16.7. The molecule has 62 valence electrons. The van der Waals surface area contributed by atoms with E-state index in [1.54, 1.807) is 0 Å². The van der Waals surface area contributed by atoms with Crippen LogP contribution in [0.5, 0.6) is 0 Å². The van der Waals surface area contributed by atoms with Gasteiger partial charge in [-0.2, -0.15) is 0 Å². The topological polar surface area (TPSA) is 38.7 Å². The summed E-state index contributed by atoms with van der Waals surface area (Å²) in [6, 6.07) is -0.294. The Hall–Kier alpha value is -0.0551. The van der Waals surface area contributed by atoms with Crippen molar-refractivity contribution in [3.63, 3.8) is 0 Å². The van der Waals surface area contributed by atoms with E-state index in [9.17, 15) is 5.11 Å². The fraction of sp³-hybridized carbons (Fsp3) is 1.00. The van der Waals surface area contributed by atoms with Crippen molar-refractivity contribution in [1.82, 2.24) is 0 Å². The first-order valence-corrected chi connectivity index (χ1v) is 3.86. The van der Waals surface area contributed by atoms with Gasteiger partial charge in [-0.3, -0.25) is 0 Å². The van der Waals surface area contributed by atoms with Gasteiger partial charge in [-0.25, -0.2) is 0 Å². The molecular weight excluding hydrogens is 143 g/mol. The van der Waals surface area contributed by atoms with Crippen molar-refractivity contribution < 1.29 is 14.6 Å². The van der Waals surface area contributed by atoms with E-state index < -0.39 is 12.4 Å². The number of aliphatic hydroxyl groups is 1. The van der Waals surface area contributed by atoms with Gasteiger partial charge in [0.1, 0.15) is 14.0 Å². The second-order valence-electron chi connectivity index (χ2n) is 2.78. The monoisotopic (exact) mass is 156 g/mol. The second-order valence-corrected chi connectivity index (χ2v) is 2.78. The average Bonchev–Trinajstić information content (AvgIpc) is 2.13. The van der Waals surface area contributed by atoms with Gasteiger partial charge in [-0.05, 0) is 19.3 Å². The first-order chi connectivity index (χ1) is 5.24. The molecular formula is C7H13BO3. The van der Waals surface area contributed by atoms with Crippen LogP contribution in [0.3, 0.4) is 0 Å². The van der Waals surface area contributed by atoms with Gasteiger partial charge in [-0.15, -0.1) is 0 Å². The number of aliphatic hydroxyl groups excluding tert-OH is 1. The fourth-order valence-corrected chi connectivity index (χ4v) is 1.21. The van der Waals surface area contributed by atoms with Crippen LogP contribution in [-0.4, -0.2) is 38.5 Å². The van der Waals surface area contributed by atoms with E-state index in [-0.39, 0.29) is 6.00 Å². The summed E-state index contributed by atoms with van der Waals surface area (Å²) in [5.41, 5.74) is 0. The van der Waals surface area contributed by atoms with Crippen molar-refractivity contribution >= 4 is 7.85 Å². The maximum atomic E-state index is 9.36. The summed E-state index contributed by atoms with van der Waals surface area (Å²) >= 11 is 0. The molecule has 0 aliphatic carbocycles. The molecule has 1 aliphatic rings. The average molecular weight is 156 g/mol. The Morgan fingerprint density at radius 1 is 1.55 bits per heavy atom. The Morgan fingerprint density at radius 2 is 2.27 bits per heavy atom. The maximum Gasteiger partial charge on any atom is 0.182 e. The van der Waals surface area contributed by atoms with Crippen LogP contribution in [0.2, 0.25) is 0 Å². The largest absolute Gasteiger partial charge is 0.388 e. The Bertz CT molecular complexity index is 120. The Kier molecular flexibility index (Phi) is 3.36. The van der Waals surface area contributed by atoms with Crippen LogP contribution >= 0.6 is 0 Å². The van der Waals surface area contributed by atoms with Crippen LogP contribution < -0.4 is 0 Å². The number of hydrogen-bond donors (Lipinski definition) is 1. The number of rotatable bonds is 1. The molecule has 0 aromatic heterocycles. The highest BCUT2D eigenvalue weighted by Gasteiger charge is 2.24. The van der Waals surface area contributed by atoms with Crippen LogP contribution in [0.25, 0.3) is 0 Å². The van der Waals surface area contributed by atoms with Crippen molar-refractivity contribution in [2.24, 2.45) is 0 Å². The van der Waals surface area contributed by atoms with Gasteiger partial charge in [0, 0.05) is 13.1 Å². The zero-order valence-electron chi connectivity index (χ0n) is 6.69. The minimum absolute atomic E-state index is 0.294. The van der Waals surface area contributed by atoms with Crippen LogP contribution in [-0.2, 0) is 9.47 Å². The first kappa shape index (κ1) is 9.04. The van der Waals surface area contributed by atoms with Crippen molar-refractivity contribution in [3.8, 4) is 0 Å². The molecule has 1 N–H and O–H groups in total. The molecule has 1 heterocycles. The lowest BCUT2D eigenvalue weighted by molar-refractivity contribution is -0.181. The quantitative estimate of drug-likeness (QED) is 0.543. The van der Waals surface area contributed by atoms with E-state index in [2.05, 4.69) is 0 Å². The maximum absolute atomic E-state index is 9.36. The molecule has 3 nitrogen and oxygen atoms in total. The van der Waals surface area contributed by atoms with E-state index in [0.29, 0.717) is 6.42 Å². The summed E-state index contributed by atoms with van der Waals surface area (Å²) in [4.78, 5) is 0. The van der Waals surface area contributed by atoms with Gasteiger partial charge in [0.15, 0.2) is 6.29 Å². The molecule has 0 aromatic carbocycles. The minimum atomic E-state index is -0.549. The van der Waals surface area contributed by atoms with E-state index >= 15 is 0 Å². The third-order valence-electron chi connectivity index (χ3n) is 1.84.